The smallest absolute Gasteiger partial charge is 0.355 e. The van der Waals surface area contributed by atoms with Gasteiger partial charge in [0.15, 0.2) is 0 Å². The number of carbonyl (C=O) groups excluding carboxylic acids is 2. The molecule has 0 bridgehead atoms. The summed E-state index contributed by atoms with van der Waals surface area (Å²) in [6.07, 6.45) is 14.6. The number of H-pyrrole nitrogens is 1. The van der Waals surface area contributed by atoms with Gasteiger partial charge in [-0.05, 0) is 105 Å². The van der Waals surface area contributed by atoms with Crippen LogP contribution in [-0.4, -0.2) is 28.6 Å². The quantitative estimate of drug-likeness (QED) is 0.380. The van der Waals surface area contributed by atoms with E-state index in [4.69, 9.17) is 9.47 Å². The number of aromatic amines is 1. The molecular weight excluding hydrogens is 438 g/mol. The Balaban J connectivity index is 1.35. The molecule has 1 unspecified atom stereocenters. The van der Waals surface area contributed by atoms with E-state index in [0.717, 1.165) is 37.7 Å². The molecule has 5 rings (SSSR count). The largest absolute Gasteiger partial charge is 0.462 e. The summed E-state index contributed by atoms with van der Waals surface area (Å²) in [5, 5.41) is 0. The van der Waals surface area contributed by atoms with E-state index in [9.17, 15) is 9.59 Å². The van der Waals surface area contributed by atoms with Gasteiger partial charge in [-0.15, -0.1) is 0 Å². The van der Waals surface area contributed by atoms with E-state index in [1.54, 1.807) is 0 Å². The van der Waals surface area contributed by atoms with Crippen molar-refractivity contribution in [1.82, 2.24) is 4.98 Å². The minimum atomic E-state index is -0.509. The lowest BCUT2D eigenvalue weighted by molar-refractivity contribution is -0.148. The minimum Gasteiger partial charge on any atom is -0.462 e. The van der Waals surface area contributed by atoms with Gasteiger partial charge in [0.25, 0.3) is 0 Å². The minimum absolute atomic E-state index is 0.0461. The van der Waals surface area contributed by atoms with E-state index >= 15 is 0 Å². The molecule has 0 radical (unpaired) electrons. The Bertz CT molecular complexity index is 1090. The van der Waals surface area contributed by atoms with Crippen molar-refractivity contribution in [2.45, 2.75) is 98.2 Å². The lowest BCUT2D eigenvalue weighted by Crippen LogP contribution is -2.50. The molecule has 35 heavy (non-hydrogen) atoms. The Labute approximate surface area is 209 Å². The van der Waals surface area contributed by atoms with Crippen LogP contribution in [0.4, 0.5) is 0 Å². The fourth-order valence-corrected chi connectivity index (χ4v) is 7.98. The molecule has 1 aromatic rings. The van der Waals surface area contributed by atoms with Crippen molar-refractivity contribution in [2.24, 2.45) is 28.6 Å². The van der Waals surface area contributed by atoms with Crippen LogP contribution in [0.5, 0.6) is 0 Å². The summed E-state index contributed by atoms with van der Waals surface area (Å²) in [6, 6.07) is 1.98. The summed E-state index contributed by atoms with van der Waals surface area (Å²) in [6.45, 7) is 12.1. The first-order valence-electron chi connectivity index (χ1n) is 13.4. The summed E-state index contributed by atoms with van der Waals surface area (Å²) in [5.74, 6) is 1.53. The van der Waals surface area contributed by atoms with Gasteiger partial charge in [-0.2, -0.15) is 0 Å². The molecule has 0 saturated heterocycles. The van der Waals surface area contributed by atoms with Gasteiger partial charge < -0.3 is 14.5 Å². The summed E-state index contributed by atoms with van der Waals surface area (Å²) < 4.78 is 11.2. The van der Waals surface area contributed by atoms with Crippen LogP contribution in [0.15, 0.2) is 30.0 Å². The van der Waals surface area contributed by atoms with E-state index in [1.807, 2.05) is 33.0 Å². The predicted octanol–water partition coefficient (Wildman–Crippen LogP) is 6.86. The Hall–Kier alpha value is -2.30. The van der Waals surface area contributed by atoms with Gasteiger partial charge in [-0.25, -0.2) is 4.79 Å². The summed E-state index contributed by atoms with van der Waals surface area (Å²) >= 11 is 0. The van der Waals surface area contributed by atoms with Gasteiger partial charge >= 0.3 is 11.9 Å². The zero-order chi connectivity index (χ0) is 25.2. The number of aromatic nitrogens is 1. The van der Waals surface area contributed by atoms with Crippen molar-refractivity contribution in [3.8, 4) is 0 Å². The van der Waals surface area contributed by atoms with Crippen LogP contribution in [0, 0.1) is 28.6 Å². The molecule has 4 aliphatic carbocycles. The van der Waals surface area contributed by atoms with Crippen molar-refractivity contribution in [2.75, 3.05) is 0 Å². The number of esters is 2. The van der Waals surface area contributed by atoms with Gasteiger partial charge in [0.1, 0.15) is 17.4 Å². The van der Waals surface area contributed by atoms with Crippen LogP contribution in [0.25, 0.3) is 5.57 Å². The summed E-state index contributed by atoms with van der Waals surface area (Å²) in [4.78, 5) is 27.3. The topological polar surface area (TPSA) is 68.4 Å². The second-order valence-electron chi connectivity index (χ2n) is 12.8. The number of rotatable bonds is 3. The van der Waals surface area contributed by atoms with Gasteiger partial charge in [0, 0.05) is 19.5 Å². The fourth-order valence-electron chi connectivity index (χ4n) is 7.98. The number of carbonyl (C=O) groups is 2. The van der Waals surface area contributed by atoms with Crippen molar-refractivity contribution in [3.63, 3.8) is 0 Å². The molecule has 1 N–H and O–H groups in total. The zero-order valence-electron chi connectivity index (χ0n) is 22.2. The summed E-state index contributed by atoms with van der Waals surface area (Å²) in [5.41, 5.74) is 4.43. The molecule has 5 heteroatoms. The Kier molecular flexibility index (Phi) is 5.84. The third-order valence-electron chi connectivity index (χ3n) is 9.58. The van der Waals surface area contributed by atoms with Crippen LogP contribution in [0.2, 0.25) is 0 Å². The van der Waals surface area contributed by atoms with Gasteiger partial charge in [-0.1, -0.05) is 31.6 Å². The number of allylic oxidation sites excluding steroid dienone is 3. The highest BCUT2D eigenvalue weighted by Gasteiger charge is 2.57. The van der Waals surface area contributed by atoms with E-state index < -0.39 is 5.60 Å². The average Bonchev–Trinajstić information content (AvgIpc) is 3.36. The second kappa shape index (κ2) is 8.38. The maximum absolute atomic E-state index is 12.6. The first-order chi connectivity index (χ1) is 16.4. The second-order valence-corrected chi connectivity index (χ2v) is 12.8. The predicted molar refractivity (Wildman–Crippen MR) is 137 cm³/mol. The molecule has 0 aliphatic heterocycles. The first kappa shape index (κ1) is 24.4. The molecule has 4 aliphatic rings. The molecule has 5 nitrogen and oxygen atoms in total. The SMILES string of the molecule is CC(=O)O[C@H]1CC[C@@]2(C)C(=CCC3[C@@H]2CC[C@]2(C)C(c4c[nH]c(C(=O)OC(C)(C)C)c4)=CC[C@@H]32)C1. The van der Waals surface area contributed by atoms with Crippen LogP contribution in [-0.2, 0) is 14.3 Å². The maximum Gasteiger partial charge on any atom is 0.355 e. The van der Waals surface area contributed by atoms with Crippen molar-refractivity contribution in [1.29, 1.82) is 0 Å². The van der Waals surface area contributed by atoms with Gasteiger partial charge in [0.2, 0.25) is 0 Å². The van der Waals surface area contributed by atoms with E-state index in [0.29, 0.717) is 23.4 Å². The van der Waals surface area contributed by atoms with E-state index in [2.05, 4.69) is 31.0 Å². The fraction of sp³-hybridized carbons (Fsp3) is 0.667. The average molecular weight is 480 g/mol. The van der Waals surface area contributed by atoms with Crippen LogP contribution >= 0.6 is 0 Å². The molecular formula is C30H41NO4. The van der Waals surface area contributed by atoms with Gasteiger partial charge in [0.05, 0.1) is 0 Å². The lowest BCUT2D eigenvalue weighted by Gasteiger charge is -2.57. The molecule has 0 amide bonds. The normalized spacial score (nSPS) is 36.3. The number of hydrogen-bond acceptors (Lipinski definition) is 4. The molecule has 190 valence electrons. The van der Waals surface area contributed by atoms with E-state index in [-0.39, 0.29) is 28.9 Å². The third-order valence-corrected chi connectivity index (χ3v) is 9.58. The van der Waals surface area contributed by atoms with E-state index in [1.165, 1.54) is 30.9 Å². The van der Waals surface area contributed by atoms with Crippen molar-refractivity contribution < 1.29 is 19.1 Å². The lowest BCUT2D eigenvalue weighted by atomic mass is 9.47. The highest BCUT2D eigenvalue weighted by Crippen LogP contribution is 2.66. The number of hydrogen-bond donors (Lipinski definition) is 1. The molecule has 2 saturated carbocycles. The number of nitrogens with one attached hydrogen (secondary N) is 1. The van der Waals surface area contributed by atoms with Gasteiger partial charge in [-0.3, -0.25) is 4.79 Å². The molecule has 6 atom stereocenters. The third kappa shape index (κ3) is 4.19. The zero-order valence-corrected chi connectivity index (χ0v) is 22.2. The Morgan fingerprint density at radius 3 is 2.49 bits per heavy atom. The molecule has 1 aromatic heterocycles. The molecule has 0 aromatic carbocycles. The van der Waals surface area contributed by atoms with Crippen LogP contribution < -0.4 is 0 Å². The first-order valence-corrected chi connectivity index (χ1v) is 13.4. The summed E-state index contributed by atoms with van der Waals surface area (Å²) in [7, 11) is 0. The van der Waals surface area contributed by atoms with Crippen molar-refractivity contribution >= 4 is 17.5 Å². The van der Waals surface area contributed by atoms with Crippen LogP contribution in [0.3, 0.4) is 0 Å². The number of fused-ring (bicyclic) bond motifs is 5. The highest BCUT2D eigenvalue weighted by atomic mass is 16.6. The molecule has 0 spiro atoms. The molecule has 1 heterocycles. The maximum atomic E-state index is 12.6. The van der Waals surface area contributed by atoms with Crippen LogP contribution in [0.1, 0.15) is 103 Å². The Morgan fingerprint density at radius 1 is 1.03 bits per heavy atom. The monoisotopic (exact) mass is 479 g/mol. The highest BCUT2D eigenvalue weighted by molar-refractivity contribution is 5.89. The standard InChI is InChI=1S/C30H41NO4/c1-18(32)34-21-11-13-29(5)20(16-21)7-8-22-24-10-9-23(30(24,6)14-12-25(22)29)19-15-26(31-17-19)27(33)35-28(2,3)4/h7,9,15,17,21-22,24-25,31H,8,10-14,16H2,1-6H3/t21-,22?,24-,25-,29-,30+/m0/s1. The number of ether oxygens (including phenoxy) is 2. The Morgan fingerprint density at radius 2 is 1.77 bits per heavy atom. The molecule has 2 fully saturated rings. The van der Waals surface area contributed by atoms with Crippen molar-refractivity contribution in [3.05, 3.63) is 41.2 Å².